The van der Waals surface area contributed by atoms with Crippen LogP contribution in [0.25, 0.3) is 0 Å². The Morgan fingerprint density at radius 2 is 1.69 bits per heavy atom. The van der Waals surface area contributed by atoms with Crippen LogP contribution >= 0.6 is 0 Å². The lowest BCUT2D eigenvalue weighted by atomic mass is 9.97. The number of carbonyl (C=O) groups is 1. The number of fused-ring (bicyclic) bond motifs is 1. The molecule has 1 fully saturated rings. The van der Waals surface area contributed by atoms with E-state index >= 15 is 0 Å². The van der Waals surface area contributed by atoms with E-state index in [1.54, 1.807) is 21.1 Å². The molecule has 1 saturated heterocycles. The predicted octanol–water partition coefficient (Wildman–Crippen LogP) is 3.94. The minimum absolute atomic E-state index is 0.155. The van der Waals surface area contributed by atoms with Gasteiger partial charge in [-0.3, -0.25) is 9.69 Å². The average Bonchev–Trinajstić information content (AvgIpc) is 2.86. The third-order valence-electron chi connectivity index (χ3n) is 6.61. The van der Waals surface area contributed by atoms with Crippen molar-refractivity contribution in [2.75, 3.05) is 57.3 Å². The lowest BCUT2D eigenvalue weighted by molar-refractivity contribution is -0.137. The van der Waals surface area contributed by atoms with Gasteiger partial charge in [0.1, 0.15) is 0 Å². The van der Waals surface area contributed by atoms with E-state index in [4.69, 9.17) is 14.2 Å². The first-order valence-electron chi connectivity index (χ1n) is 11.5. The van der Waals surface area contributed by atoms with E-state index in [2.05, 4.69) is 5.32 Å². The van der Waals surface area contributed by atoms with Crippen LogP contribution in [0.1, 0.15) is 23.6 Å². The van der Waals surface area contributed by atoms with Gasteiger partial charge in [0.2, 0.25) is 5.91 Å². The van der Waals surface area contributed by atoms with Crippen molar-refractivity contribution in [2.45, 2.75) is 32.1 Å². The fourth-order valence-corrected chi connectivity index (χ4v) is 4.53. The molecule has 0 bridgehead atoms. The monoisotopic (exact) mass is 493 g/mol. The first-order valence-corrected chi connectivity index (χ1v) is 11.5. The number of nitrogens with zero attached hydrogens (tertiary/aromatic N) is 2. The van der Waals surface area contributed by atoms with Crippen molar-refractivity contribution in [3.8, 4) is 11.5 Å². The van der Waals surface area contributed by atoms with Crippen molar-refractivity contribution in [3.05, 3.63) is 47.0 Å². The minimum atomic E-state index is -4.51. The number of hydrogen-bond donors (Lipinski definition) is 1. The van der Waals surface area contributed by atoms with Gasteiger partial charge in [-0.2, -0.15) is 13.2 Å². The molecule has 7 nitrogen and oxygen atoms in total. The molecular weight excluding hydrogens is 463 g/mol. The van der Waals surface area contributed by atoms with Gasteiger partial charge in [-0.15, -0.1) is 0 Å². The van der Waals surface area contributed by atoms with E-state index in [9.17, 15) is 18.0 Å². The number of rotatable bonds is 6. The molecule has 2 aromatic rings. The van der Waals surface area contributed by atoms with Gasteiger partial charge in [-0.1, -0.05) is 0 Å². The Balaban J connectivity index is 1.54. The number of carbonyl (C=O) groups excluding carboxylic acids is 1. The summed E-state index contributed by atoms with van der Waals surface area (Å²) in [5.41, 5.74) is 2.07. The summed E-state index contributed by atoms with van der Waals surface area (Å²) >= 11 is 0. The highest BCUT2D eigenvalue weighted by molar-refractivity contribution is 5.97. The highest BCUT2D eigenvalue weighted by Crippen LogP contribution is 2.37. The van der Waals surface area contributed by atoms with Crippen LogP contribution in [0.4, 0.5) is 24.5 Å². The van der Waals surface area contributed by atoms with Crippen LogP contribution in [0.5, 0.6) is 11.5 Å². The zero-order chi connectivity index (χ0) is 25.2. The van der Waals surface area contributed by atoms with E-state index in [0.717, 1.165) is 29.7 Å². The molecule has 0 aliphatic carbocycles. The van der Waals surface area contributed by atoms with Crippen LogP contribution in [-0.4, -0.2) is 63.9 Å². The molecule has 1 unspecified atom stereocenters. The van der Waals surface area contributed by atoms with Crippen molar-refractivity contribution in [1.29, 1.82) is 0 Å². The minimum Gasteiger partial charge on any atom is -0.493 e. The number of anilines is 2. The first-order chi connectivity index (χ1) is 16.7. The van der Waals surface area contributed by atoms with Gasteiger partial charge in [0.25, 0.3) is 0 Å². The number of ether oxygens (including phenoxy) is 3. The molecule has 2 heterocycles. The van der Waals surface area contributed by atoms with Gasteiger partial charge in [-0.25, -0.2) is 0 Å². The molecule has 1 N–H and O–H groups in total. The van der Waals surface area contributed by atoms with Gasteiger partial charge >= 0.3 is 6.18 Å². The lowest BCUT2D eigenvalue weighted by Gasteiger charge is -2.34. The Morgan fingerprint density at radius 3 is 2.31 bits per heavy atom. The van der Waals surface area contributed by atoms with Gasteiger partial charge in [-0.05, 0) is 54.8 Å². The maximum atomic E-state index is 13.4. The number of methoxy groups -OCH3 is 2. The number of amides is 1. The van der Waals surface area contributed by atoms with E-state index < -0.39 is 17.8 Å². The molecule has 190 valence electrons. The second-order valence-corrected chi connectivity index (χ2v) is 8.69. The van der Waals surface area contributed by atoms with Crippen LogP contribution in [0.15, 0.2) is 30.3 Å². The Kier molecular flexibility index (Phi) is 7.42. The average molecular weight is 494 g/mol. The van der Waals surface area contributed by atoms with E-state index in [0.29, 0.717) is 56.6 Å². The van der Waals surface area contributed by atoms with Crippen molar-refractivity contribution >= 4 is 17.3 Å². The van der Waals surface area contributed by atoms with Gasteiger partial charge in [0, 0.05) is 26.2 Å². The summed E-state index contributed by atoms with van der Waals surface area (Å²) in [7, 11) is 3.16. The number of alkyl halides is 3. The number of benzene rings is 2. The summed E-state index contributed by atoms with van der Waals surface area (Å²) in [5, 5.41) is 2.77. The summed E-state index contributed by atoms with van der Waals surface area (Å²) in [4.78, 5) is 17.2. The van der Waals surface area contributed by atoms with Gasteiger partial charge < -0.3 is 24.4 Å². The Labute approximate surface area is 202 Å². The summed E-state index contributed by atoms with van der Waals surface area (Å²) in [6, 6.07) is 6.79. The maximum Gasteiger partial charge on any atom is 0.416 e. The molecule has 1 atom stereocenters. The number of halogens is 3. The Morgan fingerprint density at radius 1 is 1.03 bits per heavy atom. The molecule has 0 radical (unpaired) electrons. The first kappa shape index (κ1) is 25.1. The Hall–Kier alpha value is -2.98. The summed E-state index contributed by atoms with van der Waals surface area (Å²) < 4.78 is 56.4. The maximum absolute atomic E-state index is 13.4. The van der Waals surface area contributed by atoms with Gasteiger partial charge in [0.15, 0.2) is 11.5 Å². The van der Waals surface area contributed by atoms with Crippen molar-refractivity contribution in [3.63, 3.8) is 0 Å². The molecule has 2 aliphatic heterocycles. The molecule has 0 aromatic heterocycles. The molecule has 35 heavy (non-hydrogen) atoms. The molecular formula is C25H30F3N3O4. The normalized spacial score (nSPS) is 17.5. The lowest BCUT2D eigenvalue weighted by Crippen LogP contribution is -2.45. The van der Waals surface area contributed by atoms with Crippen LogP contribution in [0.2, 0.25) is 0 Å². The quantitative estimate of drug-likeness (QED) is 0.658. The second kappa shape index (κ2) is 10.3. The largest absolute Gasteiger partial charge is 0.493 e. The SMILES string of the molecule is COc1cc2c(cc1OC)CN(C(C)C(=O)Nc1cc(C(F)(F)F)ccc1N1CCOCC1)CC2. The zero-order valence-corrected chi connectivity index (χ0v) is 20.1. The Bertz CT molecular complexity index is 1070. The third kappa shape index (κ3) is 5.48. The second-order valence-electron chi connectivity index (χ2n) is 8.69. The summed E-state index contributed by atoms with van der Waals surface area (Å²) in [6.45, 7) is 4.96. The smallest absolute Gasteiger partial charge is 0.416 e. The molecule has 1 amide bonds. The standard InChI is InChI=1S/C25H30F3N3O4/c1-16(31-7-6-17-12-22(33-2)23(34-3)13-18(17)15-31)24(32)29-20-14-19(25(26,27)28)4-5-21(20)30-8-10-35-11-9-30/h4-5,12-14,16H,6-11,15H2,1-3H3,(H,29,32). The molecule has 2 aromatic carbocycles. The molecule has 0 spiro atoms. The van der Waals surface area contributed by atoms with E-state index in [-0.39, 0.29) is 11.6 Å². The number of hydrogen-bond acceptors (Lipinski definition) is 6. The molecule has 0 saturated carbocycles. The summed E-state index contributed by atoms with van der Waals surface area (Å²) in [5.74, 6) is 0.915. The molecule has 10 heteroatoms. The van der Waals surface area contributed by atoms with Crippen molar-refractivity contribution < 1.29 is 32.2 Å². The number of morpholine rings is 1. The van der Waals surface area contributed by atoms with E-state index in [1.807, 2.05) is 21.9 Å². The van der Waals surface area contributed by atoms with Crippen LogP contribution < -0.4 is 19.7 Å². The zero-order valence-electron chi connectivity index (χ0n) is 20.1. The third-order valence-corrected chi connectivity index (χ3v) is 6.61. The molecule has 2 aliphatic rings. The summed E-state index contributed by atoms with van der Waals surface area (Å²) in [6.07, 6.45) is -3.79. The highest BCUT2D eigenvalue weighted by Gasteiger charge is 2.33. The van der Waals surface area contributed by atoms with Crippen LogP contribution in [0.3, 0.4) is 0 Å². The molecule has 4 rings (SSSR count). The topological polar surface area (TPSA) is 63.3 Å². The van der Waals surface area contributed by atoms with Gasteiger partial charge in [0.05, 0.1) is 50.4 Å². The fraction of sp³-hybridized carbons (Fsp3) is 0.480. The predicted molar refractivity (Wildman–Crippen MR) is 126 cm³/mol. The van der Waals surface area contributed by atoms with Crippen LogP contribution in [0, 0.1) is 0 Å². The number of nitrogens with one attached hydrogen (secondary N) is 1. The van der Waals surface area contributed by atoms with Crippen molar-refractivity contribution in [1.82, 2.24) is 4.90 Å². The fourth-order valence-electron chi connectivity index (χ4n) is 4.53. The van der Waals surface area contributed by atoms with E-state index in [1.165, 1.54) is 6.07 Å². The highest BCUT2D eigenvalue weighted by atomic mass is 19.4. The van der Waals surface area contributed by atoms with Crippen LogP contribution in [-0.2, 0) is 28.7 Å². The van der Waals surface area contributed by atoms with Crippen molar-refractivity contribution in [2.24, 2.45) is 0 Å².